The smallest absolute Gasteiger partial charge is 0.303 e. The molecule has 7 nitrogen and oxygen atoms in total. The van der Waals surface area contributed by atoms with Gasteiger partial charge in [-0.05, 0) is 72.6 Å². The van der Waals surface area contributed by atoms with Gasteiger partial charge in [0.05, 0.1) is 24.2 Å². The van der Waals surface area contributed by atoms with Crippen molar-refractivity contribution in [2.45, 2.75) is 77.1 Å². The minimum Gasteiger partial charge on any atom is -0.493 e. The number of aromatic nitrogens is 2. The van der Waals surface area contributed by atoms with E-state index < -0.39 is 28.9 Å². The zero-order valence-electron chi connectivity index (χ0n) is 24.0. The second kappa shape index (κ2) is 10.1. The molecule has 3 aromatic rings. The zero-order valence-corrected chi connectivity index (χ0v) is 24.0. The summed E-state index contributed by atoms with van der Waals surface area (Å²) in [5.41, 5.74) is -1.86. The summed E-state index contributed by atoms with van der Waals surface area (Å²) in [6.07, 6.45) is 2.37. The lowest BCUT2D eigenvalue weighted by Crippen LogP contribution is -2.41. The van der Waals surface area contributed by atoms with Gasteiger partial charge in [-0.25, -0.2) is 14.4 Å². The Balaban J connectivity index is 1.49. The molecule has 10 heteroatoms. The van der Waals surface area contributed by atoms with E-state index in [4.69, 9.17) is 9.47 Å². The quantitative estimate of drug-likeness (QED) is 0.339. The molecule has 1 aromatic heterocycles. The monoisotopic (exact) mass is 558 g/mol. The van der Waals surface area contributed by atoms with Crippen LogP contribution in [0, 0.1) is 25.6 Å². The Morgan fingerprint density at radius 3 is 2.55 bits per heavy atom. The Bertz CT molecular complexity index is 1440. The second-order valence-corrected chi connectivity index (χ2v) is 11.7. The summed E-state index contributed by atoms with van der Waals surface area (Å²) in [6.45, 7) is 7.75. The molecule has 0 bridgehead atoms. The second-order valence-electron chi connectivity index (χ2n) is 11.7. The average molecular weight is 559 g/mol. The Morgan fingerprint density at radius 2 is 1.93 bits per heavy atom. The first kappa shape index (κ1) is 28.4. The number of benzene rings is 2. The summed E-state index contributed by atoms with van der Waals surface area (Å²) in [6, 6.07) is 5.87. The van der Waals surface area contributed by atoms with E-state index >= 15 is 4.39 Å². The van der Waals surface area contributed by atoms with Crippen molar-refractivity contribution in [3.63, 3.8) is 0 Å². The van der Waals surface area contributed by atoms with Gasteiger partial charge in [0.25, 0.3) is 0 Å². The maximum absolute atomic E-state index is 15.5. The molecule has 2 aliphatic rings. The number of hydrogen-bond acceptors (Lipinski definition) is 7. The molecular formula is C30H37F3N4O3. The van der Waals surface area contributed by atoms with Gasteiger partial charge in [0.15, 0.2) is 11.5 Å². The number of aliphatic hydroxyl groups is 1. The molecule has 0 radical (unpaired) electrons. The van der Waals surface area contributed by atoms with E-state index in [0.717, 1.165) is 37.8 Å². The van der Waals surface area contributed by atoms with Crippen molar-refractivity contribution in [1.82, 2.24) is 14.9 Å². The molecule has 4 atom stereocenters. The number of rotatable bonds is 9. The summed E-state index contributed by atoms with van der Waals surface area (Å²) in [5.74, 6) is -2.07. The van der Waals surface area contributed by atoms with Crippen molar-refractivity contribution in [2.24, 2.45) is 5.92 Å². The molecule has 2 N–H and O–H groups in total. The van der Waals surface area contributed by atoms with Gasteiger partial charge in [-0.1, -0.05) is 12.1 Å². The van der Waals surface area contributed by atoms with Crippen LogP contribution in [0.5, 0.6) is 11.5 Å². The molecule has 2 fully saturated rings. The maximum Gasteiger partial charge on any atom is 0.303 e. The van der Waals surface area contributed by atoms with Crippen LogP contribution in [-0.2, 0) is 5.92 Å². The van der Waals surface area contributed by atoms with Gasteiger partial charge in [0.2, 0.25) is 0 Å². The standard InChI is InChI=1S/C30H37F3N4O3/c1-15-26-21(13-24(27(15)39-7)40-14-19-11-18-12-23(18)37(19)6)28(36-17(3)35-26)34-16(2)20-9-8-10-22(25(20)31)30(32,33)29(4,5)38/h8-10,13,16,18-19,23,38H,11-12,14H2,1-7H3,(H,34,35,36)/t16-,18?,19+,23?/m1/s1. The van der Waals surface area contributed by atoms with Crippen molar-refractivity contribution < 1.29 is 27.8 Å². The summed E-state index contributed by atoms with van der Waals surface area (Å²) in [5, 5.41) is 13.9. The van der Waals surface area contributed by atoms with Crippen LogP contribution < -0.4 is 14.8 Å². The van der Waals surface area contributed by atoms with Gasteiger partial charge < -0.3 is 19.9 Å². The summed E-state index contributed by atoms with van der Waals surface area (Å²) in [4.78, 5) is 11.6. The summed E-state index contributed by atoms with van der Waals surface area (Å²) in [7, 11) is 3.73. The van der Waals surface area contributed by atoms with Crippen LogP contribution in [0.25, 0.3) is 10.9 Å². The van der Waals surface area contributed by atoms with Gasteiger partial charge in [0.1, 0.15) is 29.7 Å². The van der Waals surface area contributed by atoms with Gasteiger partial charge in [-0.15, -0.1) is 0 Å². The molecule has 2 aromatic carbocycles. The fraction of sp³-hybridized carbons (Fsp3) is 0.533. The third kappa shape index (κ3) is 4.85. The van der Waals surface area contributed by atoms with Gasteiger partial charge >= 0.3 is 5.92 Å². The van der Waals surface area contributed by atoms with Crippen LogP contribution in [0.4, 0.5) is 19.0 Å². The summed E-state index contributed by atoms with van der Waals surface area (Å²) < 4.78 is 57.3. The Morgan fingerprint density at radius 1 is 1.20 bits per heavy atom. The number of anilines is 1. The molecule has 1 aliphatic heterocycles. The van der Waals surface area contributed by atoms with Crippen molar-refractivity contribution in [2.75, 3.05) is 26.1 Å². The highest BCUT2D eigenvalue weighted by Gasteiger charge is 2.50. The fourth-order valence-corrected chi connectivity index (χ4v) is 5.84. The van der Waals surface area contributed by atoms with E-state index in [-0.39, 0.29) is 5.56 Å². The molecule has 2 unspecified atom stereocenters. The topological polar surface area (TPSA) is 79.7 Å². The van der Waals surface area contributed by atoms with Gasteiger partial charge in [0, 0.05) is 28.6 Å². The molecule has 216 valence electrons. The first-order chi connectivity index (χ1) is 18.7. The van der Waals surface area contributed by atoms with Crippen molar-refractivity contribution >= 4 is 16.7 Å². The Labute approximate surface area is 232 Å². The number of alkyl halides is 2. The molecule has 2 heterocycles. The molecule has 5 rings (SSSR count). The van der Waals surface area contributed by atoms with E-state index in [1.54, 1.807) is 21.0 Å². The highest BCUT2D eigenvalue weighted by atomic mass is 19.3. The predicted molar refractivity (Wildman–Crippen MR) is 148 cm³/mol. The molecule has 1 saturated heterocycles. The van der Waals surface area contributed by atoms with E-state index in [0.29, 0.717) is 52.7 Å². The summed E-state index contributed by atoms with van der Waals surface area (Å²) >= 11 is 0. The number of nitrogens with zero attached hydrogens (tertiary/aromatic N) is 3. The normalized spacial score (nSPS) is 21.8. The van der Waals surface area contributed by atoms with Crippen LogP contribution in [0.2, 0.25) is 0 Å². The minimum absolute atomic E-state index is 0.0235. The third-order valence-corrected chi connectivity index (χ3v) is 8.40. The van der Waals surface area contributed by atoms with E-state index in [1.165, 1.54) is 18.6 Å². The number of ether oxygens (including phenoxy) is 2. The van der Waals surface area contributed by atoms with Crippen LogP contribution >= 0.6 is 0 Å². The number of halogens is 3. The number of likely N-dealkylation sites (N-methyl/N-ethyl adjacent to an activating group) is 1. The van der Waals surface area contributed by atoms with Crippen LogP contribution in [0.1, 0.15) is 62.2 Å². The number of piperidine rings is 1. The van der Waals surface area contributed by atoms with Crippen molar-refractivity contribution in [1.29, 1.82) is 0 Å². The van der Waals surface area contributed by atoms with Crippen LogP contribution in [-0.4, -0.2) is 58.4 Å². The number of fused-ring (bicyclic) bond motifs is 2. The lowest BCUT2D eigenvalue weighted by atomic mass is 9.91. The van der Waals surface area contributed by atoms with E-state index in [2.05, 4.69) is 27.2 Å². The average Bonchev–Trinajstić information content (AvgIpc) is 3.58. The fourth-order valence-electron chi connectivity index (χ4n) is 5.84. The number of nitrogens with one attached hydrogen (secondary N) is 1. The lowest BCUT2D eigenvalue weighted by molar-refractivity contribution is -0.170. The number of hydrogen-bond donors (Lipinski definition) is 2. The van der Waals surface area contributed by atoms with Gasteiger partial charge in [-0.2, -0.15) is 8.78 Å². The lowest BCUT2D eigenvalue weighted by Gasteiger charge is -2.30. The highest BCUT2D eigenvalue weighted by Crippen LogP contribution is 2.47. The molecule has 1 aliphatic carbocycles. The highest BCUT2D eigenvalue weighted by molar-refractivity contribution is 5.94. The SMILES string of the molecule is COc1c(OC[C@@H]2CC3CC3N2C)cc2c(N[C@H](C)c3cccc(C(F)(F)C(C)(C)O)c3F)nc(C)nc2c1C. The minimum atomic E-state index is -3.79. The van der Waals surface area contributed by atoms with Crippen LogP contribution in [0.3, 0.4) is 0 Å². The Hall–Kier alpha value is -3.11. The maximum atomic E-state index is 15.5. The Kier molecular flexibility index (Phi) is 7.15. The van der Waals surface area contributed by atoms with Crippen LogP contribution in [0.15, 0.2) is 24.3 Å². The zero-order chi connectivity index (χ0) is 29.1. The van der Waals surface area contributed by atoms with E-state index in [1.807, 2.05) is 13.0 Å². The number of likely N-dealkylation sites (tertiary alicyclic amines) is 1. The molecule has 0 spiro atoms. The van der Waals surface area contributed by atoms with E-state index in [9.17, 15) is 13.9 Å². The first-order valence-electron chi connectivity index (χ1n) is 13.6. The number of aryl methyl sites for hydroxylation is 2. The first-order valence-corrected chi connectivity index (χ1v) is 13.6. The van der Waals surface area contributed by atoms with Crippen molar-refractivity contribution in [3.8, 4) is 11.5 Å². The molecule has 0 amide bonds. The predicted octanol–water partition coefficient (Wildman–Crippen LogP) is 5.90. The largest absolute Gasteiger partial charge is 0.493 e. The molecule has 40 heavy (non-hydrogen) atoms. The molecular weight excluding hydrogens is 521 g/mol. The number of methoxy groups -OCH3 is 1. The molecule has 1 saturated carbocycles. The van der Waals surface area contributed by atoms with Crippen molar-refractivity contribution in [3.05, 3.63) is 52.6 Å². The van der Waals surface area contributed by atoms with Gasteiger partial charge in [-0.3, -0.25) is 4.90 Å². The third-order valence-electron chi connectivity index (χ3n) is 8.40.